The normalized spacial score (nSPS) is 18.1. The van der Waals surface area contributed by atoms with Crippen LogP contribution in [0.5, 0.6) is 0 Å². The molecule has 0 radical (unpaired) electrons. The molecular weight excluding hydrogens is 278 g/mol. The number of nitrogens with two attached hydrogens (primary N) is 1. The largest absolute Gasteiger partial charge is 0.308 e. The van der Waals surface area contributed by atoms with Crippen molar-refractivity contribution in [2.45, 2.75) is 38.1 Å². The van der Waals surface area contributed by atoms with Gasteiger partial charge in [0.2, 0.25) is 0 Å². The van der Waals surface area contributed by atoms with Crippen LogP contribution in [0.4, 0.5) is 0 Å². The van der Waals surface area contributed by atoms with Gasteiger partial charge in [-0.05, 0) is 25.0 Å². The van der Waals surface area contributed by atoms with Gasteiger partial charge in [-0.15, -0.1) is 0 Å². The standard InChI is InChI=1S/C13H18BrN3/c14-11-8-6-10(7-9-11)13(17-15)16-12-4-2-1-3-5-12/h6-9,12H,1-5,15H2,(H,16,17). The van der Waals surface area contributed by atoms with Gasteiger partial charge in [0.05, 0.1) is 6.04 Å². The average Bonchev–Trinajstić information content (AvgIpc) is 2.38. The van der Waals surface area contributed by atoms with E-state index in [4.69, 9.17) is 10.8 Å². The van der Waals surface area contributed by atoms with Crippen molar-refractivity contribution in [3.8, 4) is 0 Å². The first kappa shape index (κ1) is 12.6. The number of halogens is 1. The molecule has 0 spiro atoms. The third-order valence-corrected chi connectivity index (χ3v) is 3.67. The summed E-state index contributed by atoms with van der Waals surface area (Å²) in [4.78, 5) is 4.72. The van der Waals surface area contributed by atoms with Crippen molar-refractivity contribution in [3.05, 3.63) is 34.3 Å². The van der Waals surface area contributed by atoms with Crippen molar-refractivity contribution < 1.29 is 0 Å². The Labute approximate surface area is 111 Å². The van der Waals surface area contributed by atoms with E-state index in [0.29, 0.717) is 6.04 Å². The molecule has 1 fully saturated rings. The molecule has 0 aromatic heterocycles. The van der Waals surface area contributed by atoms with Crippen LogP contribution in [0.25, 0.3) is 0 Å². The smallest absolute Gasteiger partial charge is 0.142 e. The van der Waals surface area contributed by atoms with Crippen LogP contribution in [-0.4, -0.2) is 11.9 Å². The molecule has 4 heteroatoms. The van der Waals surface area contributed by atoms with Gasteiger partial charge >= 0.3 is 0 Å². The van der Waals surface area contributed by atoms with Crippen molar-refractivity contribution >= 4 is 21.8 Å². The van der Waals surface area contributed by atoms with Crippen molar-refractivity contribution in [2.75, 3.05) is 0 Å². The van der Waals surface area contributed by atoms with E-state index in [9.17, 15) is 0 Å². The van der Waals surface area contributed by atoms with E-state index in [-0.39, 0.29) is 0 Å². The molecule has 3 N–H and O–H groups in total. The van der Waals surface area contributed by atoms with Crippen molar-refractivity contribution in [1.29, 1.82) is 0 Å². The topological polar surface area (TPSA) is 50.4 Å². The third-order valence-electron chi connectivity index (χ3n) is 3.14. The molecule has 0 atom stereocenters. The molecule has 0 amide bonds. The number of nitrogens with one attached hydrogen (secondary N) is 1. The fourth-order valence-electron chi connectivity index (χ4n) is 2.20. The molecular formula is C13H18BrN3. The van der Waals surface area contributed by atoms with Crippen LogP contribution < -0.4 is 11.3 Å². The van der Waals surface area contributed by atoms with E-state index >= 15 is 0 Å². The molecule has 17 heavy (non-hydrogen) atoms. The molecule has 1 aromatic rings. The first-order valence-corrected chi connectivity index (χ1v) is 6.89. The molecule has 1 saturated carbocycles. The zero-order valence-electron chi connectivity index (χ0n) is 9.82. The number of rotatable bonds is 2. The minimum absolute atomic E-state index is 0.429. The zero-order chi connectivity index (χ0) is 12.1. The van der Waals surface area contributed by atoms with Crippen LogP contribution in [0.15, 0.2) is 33.7 Å². The molecule has 1 aromatic carbocycles. The van der Waals surface area contributed by atoms with Gasteiger partial charge in [0, 0.05) is 10.0 Å². The van der Waals surface area contributed by atoms with Crippen LogP contribution >= 0.6 is 15.9 Å². The molecule has 0 aliphatic heterocycles. The van der Waals surface area contributed by atoms with E-state index in [1.165, 1.54) is 32.1 Å². The van der Waals surface area contributed by atoms with E-state index in [2.05, 4.69) is 21.4 Å². The molecule has 1 aliphatic carbocycles. The number of amidine groups is 1. The van der Waals surface area contributed by atoms with Gasteiger partial charge in [-0.1, -0.05) is 47.3 Å². The summed E-state index contributed by atoms with van der Waals surface area (Å²) in [5, 5.41) is 0. The molecule has 1 aliphatic rings. The summed E-state index contributed by atoms with van der Waals surface area (Å²) in [5.41, 5.74) is 3.76. The summed E-state index contributed by atoms with van der Waals surface area (Å²) >= 11 is 3.42. The fourth-order valence-corrected chi connectivity index (χ4v) is 2.46. The number of benzene rings is 1. The van der Waals surface area contributed by atoms with Crippen molar-refractivity contribution in [3.63, 3.8) is 0 Å². The second-order valence-electron chi connectivity index (χ2n) is 4.42. The predicted molar refractivity (Wildman–Crippen MR) is 74.9 cm³/mol. The maximum atomic E-state index is 5.57. The van der Waals surface area contributed by atoms with Gasteiger partial charge in [-0.2, -0.15) is 0 Å². The van der Waals surface area contributed by atoms with Gasteiger partial charge in [0.15, 0.2) is 0 Å². The SMILES string of the molecule is NNC(=NC1CCCCC1)c1ccc(Br)cc1. The van der Waals surface area contributed by atoms with Gasteiger partial charge in [0.1, 0.15) is 5.84 Å². The lowest BCUT2D eigenvalue weighted by atomic mass is 9.96. The number of aliphatic imine (C=N–C) groups is 1. The predicted octanol–water partition coefficient (Wildman–Crippen LogP) is 2.99. The maximum Gasteiger partial charge on any atom is 0.142 e. The van der Waals surface area contributed by atoms with Crippen LogP contribution in [-0.2, 0) is 0 Å². The second-order valence-corrected chi connectivity index (χ2v) is 5.34. The Hall–Kier alpha value is -0.870. The fraction of sp³-hybridized carbons (Fsp3) is 0.462. The van der Waals surface area contributed by atoms with Crippen molar-refractivity contribution in [1.82, 2.24) is 5.43 Å². The summed E-state index contributed by atoms with van der Waals surface area (Å²) in [6.45, 7) is 0. The van der Waals surface area contributed by atoms with Crippen LogP contribution in [0.3, 0.4) is 0 Å². The highest BCUT2D eigenvalue weighted by Gasteiger charge is 2.13. The minimum atomic E-state index is 0.429. The Bertz CT molecular complexity index is 380. The molecule has 0 bridgehead atoms. The molecule has 0 saturated heterocycles. The Morgan fingerprint density at radius 1 is 1.18 bits per heavy atom. The molecule has 2 rings (SSSR count). The highest BCUT2D eigenvalue weighted by atomic mass is 79.9. The molecule has 0 heterocycles. The van der Waals surface area contributed by atoms with Gasteiger partial charge in [0.25, 0.3) is 0 Å². The Kier molecular flexibility index (Phi) is 4.57. The van der Waals surface area contributed by atoms with Gasteiger partial charge in [-0.25, -0.2) is 5.84 Å². The first-order chi connectivity index (χ1) is 8.29. The Morgan fingerprint density at radius 2 is 1.82 bits per heavy atom. The summed E-state index contributed by atoms with van der Waals surface area (Å²) in [7, 11) is 0. The number of nitrogens with zero attached hydrogens (tertiary/aromatic N) is 1. The maximum absolute atomic E-state index is 5.57. The minimum Gasteiger partial charge on any atom is -0.308 e. The molecule has 3 nitrogen and oxygen atoms in total. The number of hydrazine groups is 1. The van der Waals surface area contributed by atoms with E-state index in [0.717, 1.165) is 15.9 Å². The zero-order valence-corrected chi connectivity index (χ0v) is 11.4. The molecule has 92 valence electrons. The summed E-state index contributed by atoms with van der Waals surface area (Å²) in [5.74, 6) is 6.36. The van der Waals surface area contributed by atoms with Crippen LogP contribution in [0.2, 0.25) is 0 Å². The van der Waals surface area contributed by atoms with Gasteiger partial charge < -0.3 is 5.43 Å². The lowest BCUT2D eigenvalue weighted by molar-refractivity contribution is 0.442. The number of hydrogen-bond donors (Lipinski definition) is 2. The highest BCUT2D eigenvalue weighted by molar-refractivity contribution is 9.10. The van der Waals surface area contributed by atoms with E-state index in [1.54, 1.807) is 0 Å². The summed E-state index contributed by atoms with van der Waals surface area (Å²) in [6, 6.07) is 8.47. The summed E-state index contributed by atoms with van der Waals surface area (Å²) in [6.07, 6.45) is 6.28. The lowest BCUT2D eigenvalue weighted by Crippen LogP contribution is -2.32. The Morgan fingerprint density at radius 3 is 2.41 bits per heavy atom. The van der Waals surface area contributed by atoms with Crippen molar-refractivity contribution in [2.24, 2.45) is 10.8 Å². The van der Waals surface area contributed by atoms with Crippen LogP contribution in [0.1, 0.15) is 37.7 Å². The monoisotopic (exact) mass is 295 g/mol. The van der Waals surface area contributed by atoms with E-state index < -0.39 is 0 Å². The molecule has 0 unspecified atom stereocenters. The highest BCUT2D eigenvalue weighted by Crippen LogP contribution is 2.21. The summed E-state index contributed by atoms with van der Waals surface area (Å²) < 4.78 is 1.07. The third kappa shape index (κ3) is 3.54. The second kappa shape index (κ2) is 6.17. The quantitative estimate of drug-likeness (QED) is 0.381. The van der Waals surface area contributed by atoms with Crippen LogP contribution in [0, 0.1) is 0 Å². The Balaban J connectivity index is 2.14. The number of hydrogen-bond acceptors (Lipinski definition) is 2. The average molecular weight is 296 g/mol. The lowest BCUT2D eigenvalue weighted by Gasteiger charge is -2.19. The van der Waals surface area contributed by atoms with E-state index in [1.807, 2.05) is 24.3 Å². The first-order valence-electron chi connectivity index (χ1n) is 6.10. The van der Waals surface area contributed by atoms with Gasteiger partial charge in [-0.3, -0.25) is 4.99 Å².